The molecule has 1 rings (SSSR count). The summed E-state index contributed by atoms with van der Waals surface area (Å²) in [6.07, 6.45) is -10.00. The number of carbonyl (C=O) groups excluding carboxylic acids is 1. The molecular formula is C8H4F6O2. The molecule has 0 aliphatic heterocycles. The van der Waals surface area contributed by atoms with E-state index in [-0.39, 0.29) is 0 Å². The van der Waals surface area contributed by atoms with E-state index in [1.165, 1.54) is 0 Å². The van der Waals surface area contributed by atoms with Crippen LogP contribution in [0, 0.1) is 5.92 Å². The first-order chi connectivity index (χ1) is 7.14. The molecule has 0 spiro atoms. The van der Waals surface area contributed by atoms with Crippen molar-refractivity contribution in [2.24, 2.45) is 5.92 Å². The Kier molecular flexibility index (Phi) is 3.02. The molecule has 0 aromatic carbocycles. The molecule has 90 valence electrons. The van der Waals surface area contributed by atoms with E-state index < -0.39 is 29.6 Å². The van der Waals surface area contributed by atoms with Gasteiger partial charge in [0.15, 0.2) is 5.78 Å². The molecule has 0 N–H and O–H groups in total. The standard InChI is InChI=1S/C8H4F6O2/c9-7(10,11)6(8(12,13)14)5(15)4-1-2-16-3-4/h1-3,6H. The summed E-state index contributed by atoms with van der Waals surface area (Å²) < 4.78 is 76.8. The third kappa shape index (κ3) is 2.56. The van der Waals surface area contributed by atoms with Crippen LogP contribution in [0.2, 0.25) is 0 Å². The normalized spacial score (nSPS) is 13.2. The number of hydrogen-bond acceptors (Lipinski definition) is 2. The number of alkyl halides is 6. The van der Waals surface area contributed by atoms with E-state index >= 15 is 0 Å². The zero-order valence-corrected chi connectivity index (χ0v) is 7.39. The lowest BCUT2D eigenvalue weighted by molar-refractivity contribution is -0.264. The summed E-state index contributed by atoms with van der Waals surface area (Å²) in [6, 6.07) is 0.743. The van der Waals surface area contributed by atoms with Gasteiger partial charge in [-0.3, -0.25) is 4.79 Å². The van der Waals surface area contributed by atoms with Crippen LogP contribution in [0.1, 0.15) is 10.4 Å². The fourth-order valence-corrected chi connectivity index (χ4v) is 1.05. The number of carbonyl (C=O) groups is 1. The molecule has 16 heavy (non-hydrogen) atoms. The van der Waals surface area contributed by atoms with Crippen LogP contribution in [0.15, 0.2) is 23.0 Å². The molecule has 0 fully saturated rings. The van der Waals surface area contributed by atoms with Crippen molar-refractivity contribution in [1.29, 1.82) is 0 Å². The Morgan fingerprint density at radius 3 is 1.94 bits per heavy atom. The Morgan fingerprint density at radius 2 is 1.62 bits per heavy atom. The maximum Gasteiger partial charge on any atom is 0.407 e. The van der Waals surface area contributed by atoms with E-state index in [2.05, 4.69) is 4.42 Å². The van der Waals surface area contributed by atoms with Gasteiger partial charge < -0.3 is 4.42 Å². The van der Waals surface area contributed by atoms with Crippen LogP contribution in [-0.4, -0.2) is 18.1 Å². The van der Waals surface area contributed by atoms with Crippen molar-refractivity contribution in [3.63, 3.8) is 0 Å². The third-order valence-electron chi connectivity index (χ3n) is 1.72. The van der Waals surface area contributed by atoms with E-state index in [9.17, 15) is 31.1 Å². The highest BCUT2D eigenvalue weighted by Gasteiger charge is 2.61. The van der Waals surface area contributed by atoms with E-state index in [0.717, 1.165) is 12.3 Å². The zero-order valence-electron chi connectivity index (χ0n) is 7.39. The zero-order chi connectivity index (χ0) is 12.6. The molecule has 1 aromatic heterocycles. The first kappa shape index (κ1) is 12.6. The Hall–Kier alpha value is -1.47. The van der Waals surface area contributed by atoms with Gasteiger partial charge in [-0.05, 0) is 6.07 Å². The smallest absolute Gasteiger partial charge is 0.407 e. The molecule has 0 amide bonds. The first-order valence-electron chi connectivity index (χ1n) is 3.84. The van der Waals surface area contributed by atoms with Crippen LogP contribution in [0.4, 0.5) is 26.3 Å². The molecule has 0 saturated heterocycles. The van der Waals surface area contributed by atoms with Gasteiger partial charge in [-0.15, -0.1) is 0 Å². The average Bonchev–Trinajstić information content (AvgIpc) is 2.48. The molecule has 0 unspecified atom stereocenters. The maximum atomic E-state index is 12.1. The fraction of sp³-hybridized carbons (Fsp3) is 0.375. The molecule has 2 nitrogen and oxygen atoms in total. The number of furan rings is 1. The summed E-state index contributed by atoms with van der Waals surface area (Å²) in [7, 11) is 0. The lowest BCUT2D eigenvalue weighted by Gasteiger charge is -2.20. The van der Waals surface area contributed by atoms with Crippen LogP contribution in [-0.2, 0) is 0 Å². The quantitative estimate of drug-likeness (QED) is 0.592. The van der Waals surface area contributed by atoms with Gasteiger partial charge in [-0.2, -0.15) is 26.3 Å². The number of Topliss-reactive ketones (excluding diaryl/α,β-unsaturated/α-hetero) is 1. The lowest BCUT2D eigenvalue weighted by atomic mass is 9.98. The van der Waals surface area contributed by atoms with Gasteiger partial charge in [0.05, 0.1) is 11.8 Å². The fourth-order valence-electron chi connectivity index (χ4n) is 1.05. The van der Waals surface area contributed by atoms with Gasteiger partial charge >= 0.3 is 12.4 Å². The van der Waals surface area contributed by atoms with Gasteiger partial charge in [0.1, 0.15) is 6.26 Å². The predicted molar refractivity (Wildman–Crippen MR) is 38.6 cm³/mol. The highest BCUT2D eigenvalue weighted by Crippen LogP contribution is 2.41. The summed E-state index contributed by atoms with van der Waals surface area (Å²) in [6.45, 7) is 0. The van der Waals surface area contributed by atoms with Gasteiger partial charge in [0, 0.05) is 0 Å². The monoisotopic (exact) mass is 246 g/mol. The van der Waals surface area contributed by atoms with Crippen LogP contribution in [0.5, 0.6) is 0 Å². The highest BCUT2D eigenvalue weighted by molar-refractivity contribution is 5.98. The summed E-state index contributed by atoms with van der Waals surface area (Å²) in [5.74, 6) is -6.09. The second-order valence-electron chi connectivity index (χ2n) is 2.89. The van der Waals surface area contributed by atoms with Crippen molar-refractivity contribution in [2.75, 3.05) is 0 Å². The minimum atomic E-state index is -5.67. The van der Waals surface area contributed by atoms with E-state index in [4.69, 9.17) is 0 Å². The van der Waals surface area contributed by atoms with Gasteiger partial charge in [0.2, 0.25) is 5.92 Å². The molecule has 0 aliphatic rings. The molecule has 0 radical (unpaired) electrons. The molecule has 1 aromatic rings. The van der Waals surface area contributed by atoms with Gasteiger partial charge in [-0.25, -0.2) is 0 Å². The van der Waals surface area contributed by atoms with Crippen molar-refractivity contribution in [3.05, 3.63) is 24.2 Å². The first-order valence-corrected chi connectivity index (χ1v) is 3.84. The van der Waals surface area contributed by atoms with E-state index in [0.29, 0.717) is 6.26 Å². The minimum Gasteiger partial charge on any atom is -0.472 e. The van der Waals surface area contributed by atoms with Crippen LogP contribution >= 0.6 is 0 Å². The van der Waals surface area contributed by atoms with Crippen molar-refractivity contribution >= 4 is 5.78 Å². The van der Waals surface area contributed by atoms with Crippen molar-refractivity contribution in [1.82, 2.24) is 0 Å². The lowest BCUT2D eigenvalue weighted by Crippen LogP contribution is -2.42. The molecule has 0 bridgehead atoms. The Balaban J connectivity index is 3.09. The van der Waals surface area contributed by atoms with Crippen LogP contribution in [0.25, 0.3) is 0 Å². The highest BCUT2D eigenvalue weighted by atomic mass is 19.4. The van der Waals surface area contributed by atoms with Gasteiger partial charge in [-0.1, -0.05) is 0 Å². The van der Waals surface area contributed by atoms with Crippen molar-refractivity contribution < 1.29 is 35.6 Å². The largest absolute Gasteiger partial charge is 0.472 e. The predicted octanol–water partition coefficient (Wildman–Crippen LogP) is 3.20. The SMILES string of the molecule is O=C(c1ccoc1)C(C(F)(F)F)C(F)(F)F. The molecule has 8 heteroatoms. The molecule has 0 atom stereocenters. The number of hydrogen-bond donors (Lipinski definition) is 0. The Labute approximate surface area is 84.8 Å². The number of rotatable bonds is 2. The summed E-state index contributed by atoms with van der Waals surface area (Å²) in [4.78, 5) is 11.0. The van der Waals surface area contributed by atoms with E-state index in [1.807, 2.05) is 0 Å². The van der Waals surface area contributed by atoms with Crippen molar-refractivity contribution in [3.8, 4) is 0 Å². The molecule has 0 saturated carbocycles. The summed E-state index contributed by atoms with van der Waals surface area (Å²) >= 11 is 0. The van der Waals surface area contributed by atoms with Crippen molar-refractivity contribution in [2.45, 2.75) is 12.4 Å². The summed E-state index contributed by atoms with van der Waals surface area (Å²) in [5.41, 5.74) is -0.764. The Morgan fingerprint density at radius 1 is 1.12 bits per heavy atom. The third-order valence-corrected chi connectivity index (χ3v) is 1.72. The molecular weight excluding hydrogens is 242 g/mol. The Bertz CT molecular complexity index is 347. The van der Waals surface area contributed by atoms with Gasteiger partial charge in [0.25, 0.3) is 0 Å². The number of halogens is 6. The molecule has 0 aliphatic carbocycles. The topological polar surface area (TPSA) is 30.2 Å². The second kappa shape index (κ2) is 3.84. The maximum absolute atomic E-state index is 12.1. The second-order valence-corrected chi connectivity index (χ2v) is 2.89. The molecule has 1 heterocycles. The van der Waals surface area contributed by atoms with Crippen LogP contribution < -0.4 is 0 Å². The van der Waals surface area contributed by atoms with Crippen LogP contribution in [0.3, 0.4) is 0 Å². The number of ketones is 1. The minimum absolute atomic E-state index is 0.535. The van der Waals surface area contributed by atoms with E-state index in [1.54, 1.807) is 0 Å². The average molecular weight is 246 g/mol. The summed E-state index contributed by atoms with van der Waals surface area (Å²) in [5, 5.41) is 0.